The Morgan fingerprint density at radius 3 is 1.65 bits per heavy atom. The maximum Gasteiger partial charge on any atom is 0.417 e. The number of aryl methyl sites for hydroxylation is 2. The Balaban J connectivity index is 0.000000200. The highest BCUT2D eigenvalue weighted by Gasteiger charge is 2.48. The summed E-state index contributed by atoms with van der Waals surface area (Å²) < 4.78 is 143. The van der Waals surface area contributed by atoms with Crippen LogP contribution in [0.15, 0.2) is 245 Å². The van der Waals surface area contributed by atoms with Crippen LogP contribution >= 0.6 is 0 Å². The van der Waals surface area contributed by atoms with Crippen LogP contribution in [0.1, 0.15) is 251 Å². The number of carbonyl (C=O) groups excluding carboxylic acids is 7. The number of cyclic esters (lactones) is 2. The predicted octanol–water partition coefficient (Wildman–Crippen LogP) is 20.9. The number of para-hydroxylation sites is 1. The largest absolute Gasteiger partial charge is 0.512 e. The maximum absolute atomic E-state index is 14.1. The number of hydrogen-bond donors (Lipinski definition) is 5. The van der Waals surface area contributed by atoms with Crippen molar-refractivity contribution >= 4 is 77.6 Å². The number of pyridine rings is 3. The van der Waals surface area contributed by atoms with Crippen molar-refractivity contribution < 1.29 is 102 Å². The molecule has 0 unspecified atom stereocenters. The van der Waals surface area contributed by atoms with Crippen LogP contribution in [-0.4, -0.2) is 148 Å². The molecule has 9 aromatic rings. The van der Waals surface area contributed by atoms with Crippen molar-refractivity contribution in [3.63, 3.8) is 0 Å². The topological polar surface area (TPSA) is 336 Å². The number of halogens is 6. The molecule has 6 aromatic carbocycles. The zero-order chi connectivity index (χ0) is 101. The molecule has 2 fully saturated rings. The van der Waals surface area contributed by atoms with Gasteiger partial charge in [-0.3, -0.25) is 28.4 Å². The number of anilines is 1. The number of benzene rings is 6. The van der Waals surface area contributed by atoms with Crippen molar-refractivity contribution in [1.29, 1.82) is 0 Å². The van der Waals surface area contributed by atoms with Crippen LogP contribution in [0, 0.1) is 17.8 Å². The van der Waals surface area contributed by atoms with Gasteiger partial charge in [0.15, 0.2) is 25.7 Å². The van der Waals surface area contributed by atoms with Gasteiger partial charge in [-0.1, -0.05) is 205 Å². The molecule has 0 bridgehead atoms. The third kappa shape index (κ3) is 29.4. The second kappa shape index (κ2) is 47.9. The average Bonchev–Trinajstić information content (AvgIpc) is 0.772. The average molecular weight is 1960 g/mol. The predicted molar refractivity (Wildman–Crippen MR) is 519 cm³/mol. The Bertz CT molecular complexity index is 6050. The summed E-state index contributed by atoms with van der Waals surface area (Å²) in [5.41, 5.74) is 1.75. The highest BCUT2D eigenvalue weighted by atomic mass is 32.2. The third-order valence-corrected chi connectivity index (χ3v) is 29.8. The number of sulfonamides is 1. The SMILES string of the molecule is CCC(=O)C[C@H](CC(=O)c1ccc2ccccc2n1)C(=O)N[C@@H](Cc1ccccc1)[C@H](O)CN1C[C@@H]2CCCC[C@@H]2C[C@H]1C(=O)NC(C)(C)C.CCC[C@]1(CCc2ccccc2)CC(O)=C([C@H](CC)c2cccc(N(C)S(=O)(=O)c3ccc(C(F)(F)F)cn3)c2)C(=O)O1.CC[C@@H](C1=C(O)C[C@@](CCCCC(C)=O)(CCc2ccccc2)OC1=O)c1cccc(CS(=O)(=O)c2ccc(C(F)(F)F)cn2)c1. The fraction of sp³-hybridized carbons (Fsp3) is 0.444. The highest BCUT2D eigenvalue weighted by Crippen LogP contribution is 2.47. The summed E-state index contributed by atoms with van der Waals surface area (Å²) in [6.07, 6.45) is 3.38. The van der Waals surface area contributed by atoms with Crippen LogP contribution in [0.25, 0.3) is 10.9 Å². The molecule has 13 rings (SSSR count). The van der Waals surface area contributed by atoms with Gasteiger partial charge in [0.05, 0.1) is 63.3 Å². The quantitative estimate of drug-likeness (QED) is 0.0103. The Morgan fingerprint density at radius 1 is 0.597 bits per heavy atom. The monoisotopic (exact) mass is 1960 g/mol. The Labute approximate surface area is 810 Å². The van der Waals surface area contributed by atoms with Gasteiger partial charge in [0.25, 0.3) is 10.0 Å². The van der Waals surface area contributed by atoms with E-state index in [1.165, 1.54) is 32.9 Å². The first-order valence-electron chi connectivity index (χ1n) is 47.8. The number of fused-ring (bicyclic) bond motifs is 2. The number of β-amino-alcohol motifs (C(OH)–C–C–N with tert-alkyl or cyclic N) is 1. The second-order valence-electron chi connectivity index (χ2n) is 38.0. The van der Waals surface area contributed by atoms with Crippen LogP contribution < -0.4 is 14.9 Å². The summed E-state index contributed by atoms with van der Waals surface area (Å²) in [5, 5.41) is 40.7. The lowest BCUT2D eigenvalue weighted by Gasteiger charge is -2.47. The summed E-state index contributed by atoms with van der Waals surface area (Å²) in [4.78, 5) is 106. The van der Waals surface area contributed by atoms with Crippen molar-refractivity contribution in [2.24, 2.45) is 17.8 Å². The molecule has 139 heavy (non-hydrogen) atoms. The van der Waals surface area contributed by atoms with Gasteiger partial charge in [0.1, 0.15) is 40.0 Å². The van der Waals surface area contributed by atoms with E-state index in [1.54, 1.807) is 55.5 Å². The number of ketones is 3. The minimum Gasteiger partial charge on any atom is -0.512 e. The van der Waals surface area contributed by atoms with E-state index in [-0.39, 0.29) is 108 Å². The van der Waals surface area contributed by atoms with E-state index < -0.39 is 118 Å². The number of piperidine rings is 1. The van der Waals surface area contributed by atoms with E-state index in [0.29, 0.717) is 136 Å². The van der Waals surface area contributed by atoms with Crippen LogP contribution in [0.2, 0.25) is 0 Å². The van der Waals surface area contributed by atoms with Gasteiger partial charge < -0.3 is 40.2 Å². The van der Waals surface area contributed by atoms with E-state index in [9.17, 15) is 92.1 Å². The number of carbonyl (C=O) groups is 7. The molecule has 10 atom stereocenters. The molecule has 0 radical (unpaired) electrons. The van der Waals surface area contributed by atoms with Crippen molar-refractivity contribution in [3.8, 4) is 0 Å². The van der Waals surface area contributed by atoms with Gasteiger partial charge in [0, 0.05) is 93.8 Å². The van der Waals surface area contributed by atoms with Gasteiger partial charge in [-0.15, -0.1) is 0 Å². The van der Waals surface area contributed by atoms with E-state index in [1.807, 2.05) is 163 Å². The number of nitrogens with zero attached hydrogens (tertiary/aromatic N) is 5. The number of rotatable bonds is 39. The van der Waals surface area contributed by atoms with Gasteiger partial charge in [0.2, 0.25) is 11.8 Å². The molecule has 4 aliphatic rings. The van der Waals surface area contributed by atoms with Crippen molar-refractivity contribution in [2.75, 3.05) is 24.4 Å². The molecule has 1 saturated heterocycles. The number of hydrogen-bond acceptors (Lipinski definition) is 20. The number of aromatic nitrogens is 3. The summed E-state index contributed by atoms with van der Waals surface area (Å²) in [6, 6.07) is 55.2. The third-order valence-electron chi connectivity index (χ3n) is 26.5. The molecule has 31 heteroatoms. The highest BCUT2D eigenvalue weighted by molar-refractivity contribution is 7.92. The number of likely N-dealkylation sites (tertiary alicyclic amines) is 1. The Kier molecular flexibility index (Phi) is 37.1. The lowest BCUT2D eigenvalue weighted by atomic mass is 9.72. The summed E-state index contributed by atoms with van der Waals surface area (Å²) >= 11 is 0. The molecule has 6 heterocycles. The fourth-order valence-electron chi connectivity index (χ4n) is 19.1. The molecule has 0 spiro atoms. The van der Waals surface area contributed by atoms with Gasteiger partial charge in [-0.2, -0.15) is 34.8 Å². The number of alkyl halides is 6. The molecular weight excluding hydrogens is 1830 g/mol. The number of aliphatic hydroxyl groups excluding tert-OH is 3. The lowest BCUT2D eigenvalue weighted by Crippen LogP contribution is -2.60. The zero-order valence-corrected chi connectivity index (χ0v) is 81.8. The van der Waals surface area contributed by atoms with Crippen molar-refractivity contribution in [1.82, 2.24) is 30.5 Å². The normalized spacial score (nSPS) is 19.3. The number of amides is 2. The maximum atomic E-state index is 14.1. The van der Waals surface area contributed by atoms with Gasteiger partial charge >= 0.3 is 24.3 Å². The molecule has 3 aliphatic heterocycles. The summed E-state index contributed by atoms with van der Waals surface area (Å²) in [5.74, 6) is -3.84. The zero-order valence-electron chi connectivity index (χ0n) is 80.2. The number of ether oxygens (including phenoxy) is 2. The first-order valence-corrected chi connectivity index (χ1v) is 50.9. The van der Waals surface area contributed by atoms with Crippen LogP contribution in [0.3, 0.4) is 0 Å². The molecule has 744 valence electrons. The molecule has 3 aromatic heterocycles. The second-order valence-corrected chi connectivity index (χ2v) is 41.9. The molecule has 5 N–H and O–H groups in total. The first kappa shape index (κ1) is 108. The Hall–Kier alpha value is -11.8. The molecule has 23 nitrogen and oxygen atoms in total. The number of unbranched alkanes of at least 4 members (excludes halogenated alkanes) is 1. The molecule has 1 aliphatic carbocycles. The lowest BCUT2D eigenvalue weighted by molar-refractivity contribution is -0.162. The van der Waals surface area contributed by atoms with E-state index in [0.717, 1.165) is 70.7 Å². The minimum atomic E-state index is -4.65. The number of esters is 2. The molecular formula is C108H127F6N7O16S2. The van der Waals surface area contributed by atoms with Crippen LogP contribution in [0.4, 0.5) is 32.0 Å². The van der Waals surface area contributed by atoms with E-state index in [4.69, 9.17) is 9.47 Å². The van der Waals surface area contributed by atoms with Crippen LogP contribution in [0.5, 0.6) is 0 Å². The van der Waals surface area contributed by atoms with Crippen molar-refractivity contribution in [3.05, 3.63) is 285 Å². The number of Topliss-reactive ketones (excluding diaryl/α,β-unsaturated/α-hetero) is 3. The number of aliphatic hydroxyl groups is 3. The Morgan fingerprint density at radius 2 is 1.12 bits per heavy atom. The number of sulfone groups is 1. The smallest absolute Gasteiger partial charge is 0.417 e. The molecule has 1 saturated carbocycles. The van der Waals surface area contributed by atoms with Gasteiger partial charge in [-0.05, 0) is 205 Å². The molecule has 2 amide bonds. The van der Waals surface area contributed by atoms with Crippen LogP contribution in [-0.2, 0) is 95.5 Å². The summed E-state index contributed by atoms with van der Waals surface area (Å²) in [7, 11) is -7.11. The first-order chi connectivity index (χ1) is 65.9. The fourth-order valence-corrected chi connectivity index (χ4v) is 21.5. The van der Waals surface area contributed by atoms with E-state index in [2.05, 4.69) is 30.5 Å². The minimum absolute atomic E-state index is 0.0312. The van der Waals surface area contributed by atoms with Crippen molar-refractivity contribution in [2.45, 2.75) is 278 Å². The standard InChI is InChI=1S/C41H54N4O5.C35H38F3NO6S.C32H35F3N2O5S/c1-5-32(46)22-31(24-37(47)34-20-19-28-15-11-12-18-33(28)42-34)39(49)43-35(21-27-13-7-6-8-14-27)38(48)26-45-25-30-17-10-9-16-29(30)23-36(45)40(50)44-41(2,3)4;1-3-29(27-14-9-13-26(20-27)23-46(43,44)31-16-15-28(22-39-31)35(36,37)38)32-30(41)21-34(45-33(32)42,18-8-7-10-24(2)40)19-17-25-11-5-4-6-12-25;1-4-17-31(18-16-22-10-7-6-8-11-22)20-27(38)29(30(39)42-31)26(5-2)23-12-9-13-25(19-23)37(3)43(40,41)28-15-14-24(21-36-28)32(33,34)35/h6-8,11-15,18-20,29-31,35-36,38,48H,5,9-10,16-17,21-26H2,1-4H3,(H,43,49)(H,44,50);4-6,9,11-16,20,22,29,41H,3,7-8,10,17-19,21,23H2,1-2H3;6-15,19,21,26,38H,4-5,16-18,20H2,1-3H3/t29-,30+,31-,35+,36+,38-;29-,34-;26-,31+/m111/s1. The van der Waals surface area contributed by atoms with Gasteiger partial charge in [-0.25, -0.2) is 33.0 Å². The summed E-state index contributed by atoms with van der Waals surface area (Å²) in [6.45, 7) is 15.8. The number of nitrogens with one attached hydrogen (secondary N) is 2. The van der Waals surface area contributed by atoms with E-state index >= 15 is 0 Å².